The van der Waals surface area contributed by atoms with Gasteiger partial charge in [0.15, 0.2) is 0 Å². The second-order valence-corrected chi connectivity index (χ2v) is 6.89. The van der Waals surface area contributed by atoms with Gasteiger partial charge in [0, 0.05) is 38.0 Å². The third-order valence-electron chi connectivity index (χ3n) is 4.69. The fraction of sp³-hybridized carbons (Fsp3) is 0.529. The molecule has 1 unspecified atom stereocenters. The maximum absolute atomic E-state index is 13.2. The lowest BCUT2D eigenvalue weighted by Crippen LogP contribution is -2.52. The van der Waals surface area contributed by atoms with Crippen LogP contribution in [-0.4, -0.2) is 60.2 Å². The maximum atomic E-state index is 13.2. The third-order valence-corrected chi connectivity index (χ3v) is 5.00. The fourth-order valence-electron chi connectivity index (χ4n) is 3.19. The minimum absolute atomic E-state index is 0.336. The summed E-state index contributed by atoms with van der Waals surface area (Å²) in [6.45, 7) is 6.93. The monoisotopic (exact) mass is 387 g/mol. The van der Waals surface area contributed by atoms with Gasteiger partial charge in [0.2, 0.25) is 5.96 Å². The lowest BCUT2D eigenvalue weighted by atomic mass is 10.0. The number of benzene rings is 1. The molecule has 0 spiro atoms. The predicted molar refractivity (Wildman–Crippen MR) is 97.0 cm³/mol. The molecule has 2 heterocycles. The summed E-state index contributed by atoms with van der Waals surface area (Å²) < 4.78 is 39.7. The Hall–Kier alpha value is -1.80. The minimum atomic E-state index is -4.51. The molecule has 0 amide bonds. The van der Waals surface area contributed by atoms with E-state index in [1.54, 1.807) is 18.1 Å². The number of hydrogen-bond acceptors (Lipinski definition) is 5. The molecule has 1 aromatic carbocycles. The molecule has 0 aliphatic carbocycles. The quantitative estimate of drug-likeness (QED) is 0.684. The summed E-state index contributed by atoms with van der Waals surface area (Å²) in [5, 5.41) is 5.71. The first-order valence-electron chi connectivity index (χ1n) is 8.43. The number of rotatable bonds is 1. The Morgan fingerprint density at radius 2 is 1.88 bits per heavy atom. The van der Waals surface area contributed by atoms with Crippen molar-refractivity contribution < 1.29 is 13.2 Å². The first-order valence-corrected chi connectivity index (χ1v) is 8.80. The first kappa shape index (κ1) is 19.0. The van der Waals surface area contributed by atoms with Crippen LogP contribution >= 0.6 is 11.6 Å². The lowest BCUT2D eigenvalue weighted by Gasteiger charge is -2.41. The van der Waals surface area contributed by atoms with Crippen molar-refractivity contribution in [3.05, 3.63) is 28.3 Å². The molecule has 9 heteroatoms. The summed E-state index contributed by atoms with van der Waals surface area (Å²) in [6, 6.07) is 2.01. The lowest BCUT2D eigenvalue weighted by molar-refractivity contribution is -0.137. The summed E-state index contributed by atoms with van der Waals surface area (Å²) in [4.78, 5) is 8.94. The van der Waals surface area contributed by atoms with Gasteiger partial charge in [-0.2, -0.15) is 18.3 Å². The summed E-state index contributed by atoms with van der Waals surface area (Å²) in [6.07, 6.45) is -2.89. The Balaban J connectivity index is 2.07. The molecule has 1 saturated heterocycles. The van der Waals surface area contributed by atoms with Crippen molar-refractivity contribution in [3.63, 3.8) is 0 Å². The third kappa shape index (κ3) is 3.53. The zero-order valence-corrected chi connectivity index (χ0v) is 15.6. The van der Waals surface area contributed by atoms with Gasteiger partial charge >= 0.3 is 6.18 Å². The zero-order chi connectivity index (χ0) is 19.1. The molecule has 0 radical (unpaired) electrons. The Bertz CT molecular complexity index is 739. The Kier molecular flexibility index (Phi) is 5.16. The van der Waals surface area contributed by atoms with E-state index in [-0.39, 0.29) is 11.1 Å². The van der Waals surface area contributed by atoms with E-state index >= 15 is 0 Å². The van der Waals surface area contributed by atoms with Crippen LogP contribution in [0.2, 0.25) is 5.02 Å². The number of likely N-dealkylation sites (N-methyl/N-ethyl adjacent to an activating group) is 1. The molecule has 3 rings (SSSR count). The average molecular weight is 388 g/mol. The van der Waals surface area contributed by atoms with E-state index in [4.69, 9.17) is 11.6 Å². The second-order valence-electron chi connectivity index (χ2n) is 6.48. The molecule has 1 aromatic rings. The van der Waals surface area contributed by atoms with Crippen LogP contribution in [-0.2, 0) is 6.18 Å². The molecule has 5 nitrogen and oxygen atoms in total. The molecule has 26 heavy (non-hydrogen) atoms. The highest BCUT2D eigenvalue weighted by atomic mass is 35.5. The van der Waals surface area contributed by atoms with Crippen molar-refractivity contribution in [2.24, 2.45) is 10.1 Å². The van der Waals surface area contributed by atoms with Crippen LogP contribution in [0.4, 0.5) is 18.9 Å². The average Bonchev–Trinajstić information content (AvgIpc) is 2.56. The molecule has 2 aliphatic rings. The number of hydrazone groups is 1. The number of fused-ring (bicyclic) bond motifs is 1. The molecule has 2 aliphatic heterocycles. The molecular formula is C17H21ClF3N5. The van der Waals surface area contributed by atoms with Gasteiger partial charge in [-0.3, -0.25) is 0 Å². The van der Waals surface area contributed by atoms with Crippen LogP contribution in [0.25, 0.3) is 0 Å². The van der Waals surface area contributed by atoms with Crippen molar-refractivity contribution in [3.8, 4) is 0 Å². The SMILES string of the molecule is C/C=N\N1C(N2CCN(C)CC2)=Nc2cc(Cl)c(C(F)(F)F)cc2C1C. The van der Waals surface area contributed by atoms with E-state index in [1.165, 1.54) is 6.07 Å². The van der Waals surface area contributed by atoms with E-state index in [0.717, 1.165) is 32.2 Å². The summed E-state index contributed by atoms with van der Waals surface area (Å²) in [5.41, 5.74) is 0.0839. The number of aliphatic imine (C=N–C) groups is 1. The Morgan fingerprint density at radius 1 is 1.23 bits per heavy atom. The highest BCUT2D eigenvalue weighted by molar-refractivity contribution is 6.31. The normalized spacial score (nSPS) is 22.0. The van der Waals surface area contributed by atoms with Gasteiger partial charge in [-0.15, -0.1) is 0 Å². The fourth-order valence-corrected chi connectivity index (χ4v) is 3.46. The summed E-state index contributed by atoms with van der Waals surface area (Å²) in [7, 11) is 2.05. The van der Waals surface area contributed by atoms with Gasteiger partial charge in [-0.25, -0.2) is 10.0 Å². The van der Waals surface area contributed by atoms with Crippen molar-refractivity contribution >= 4 is 29.5 Å². The predicted octanol–water partition coefficient (Wildman–Crippen LogP) is 3.98. The van der Waals surface area contributed by atoms with Gasteiger partial charge in [0.05, 0.1) is 22.3 Å². The maximum Gasteiger partial charge on any atom is 0.417 e. The van der Waals surface area contributed by atoms with Crippen LogP contribution in [0, 0.1) is 0 Å². The van der Waals surface area contributed by atoms with Crippen molar-refractivity contribution in [1.82, 2.24) is 14.8 Å². The van der Waals surface area contributed by atoms with Crippen LogP contribution in [0.5, 0.6) is 0 Å². The Morgan fingerprint density at radius 3 is 2.46 bits per heavy atom. The molecule has 0 N–H and O–H groups in total. The number of hydrogen-bond donors (Lipinski definition) is 0. The van der Waals surface area contributed by atoms with E-state index < -0.39 is 11.7 Å². The molecule has 0 saturated carbocycles. The zero-order valence-electron chi connectivity index (χ0n) is 14.9. The highest BCUT2D eigenvalue weighted by Crippen LogP contribution is 2.43. The van der Waals surface area contributed by atoms with E-state index in [0.29, 0.717) is 17.2 Å². The minimum Gasteiger partial charge on any atom is -0.338 e. The van der Waals surface area contributed by atoms with E-state index in [9.17, 15) is 13.2 Å². The Labute approximate surface area is 155 Å². The summed E-state index contributed by atoms with van der Waals surface area (Å²) >= 11 is 5.89. The molecule has 0 aromatic heterocycles. The summed E-state index contributed by atoms with van der Waals surface area (Å²) in [5.74, 6) is 0.645. The van der Waals surface area contributed by atoms with Gasteiger partial charge < -0.3 is 9.80 Å². The number of nitrogens with zero attached hydrogens (tertiary/aromatic N) is 5. The van der Waals surface area contributed by atoms with Gasteiger partial charge in [-0.1, -0.05) is 11.6 Å². The number of guanidine groups is 1. The molecule has 1 fully saturated rings. The van der Waals surface area contributed by atoms with Gasteiger partial charge in [0.1, 0.15) is 0 Å². The standard InChI is InChI=1S/C17H21ClF3N5/c1-4-22-26-11(2)12-9-13(17(19,20)21)14(18)10-15(12)23-16(26)25-7-5-24(3)6-8-25/h4,9-11H,5-8H2,1-3H3/b22-4-. The second kappa shape index (κ2) is 7.08. The molecule has 1 atom stereocenters. The van der Waals surface area contributed by atoms with E-state index in [2.05, 4.69) is 26.9 Å². The topological polar surface area (TPSA) is 34.4 Å². The van der Waals surface area contributed by atoms with Crippen molar-refractivity contribution in [1.29, 1.82) is 0 Å². The van der Waals surface area contributed by atoms with Gasteiger partial charge in [-0.05, 0) is 33.0 Å². The first-order chi connectivity index (χ1) is 12.2. The molecule has 0 bridgehead atoms. The van der Waals surface area contributed by atoms with Crippen LogP contribution in [0.15, 0.2) is 22.2 Å². The van der Waals surface area contributed by atoms with Crippen LogP contribution < -0.4 is 0 Å². The largest absolute Gasteiger partial charge is 0.417 e. The molecular weight excluding hydrogens is 367 g/mol. The smallest absolute Gasteiger partial charge is 0.338 e. The highest BCUT2D eigenvalue weighted by Gasteiger charge is 2.37. The number of alkyl halides is 3. The number of halogens is 4. The van der Waals surface area contributed by atoms with Crippen LogP contribution in [0.3, 0.4) is 0 Å². The van der Waals surface area contributed by atoms with Crippen molar-refractivity contribution in [2.45, 2.75) is 26.1 Å². The molecule has 142 valence electrons. The van der Waals surface area contributed by atoms with Crippen LogP contribution in [0.1, 0.15) is 31.0 Å². The number of piperazine rings is 1. The van der Waals surface area contributed by atoms with Crippen molar-refractivity contribution in [2.75, 3.05) is 33.2 Å². The van der Waals surface area contributed by atoms with Gasteiger partial charge in [0.25, 0.3) is 0 Å². The van der Waals surface area contributed by atoms with E-state index in [1.807, 2.05) is 6.92 Å².